The minimum Gasteiger partial charge on any atom is -0.291 e. The molecule has 0 unspecified atom stereocenters. The number of hydrogen-bond acceptors (Lipinski definition) is 4. The summed E-state index contributed by atoms with van der Waals surface area (Å²) < 4.78 is 0. The Morgan fingerprint density at radius 1 is 0.833 bits per heavy atom. The number of nitrogens with zero attached hydrogens (tertiary/aromatic N) is 4. The van der Waals surface area contributed by atoms with Crippen LogP contribution >= 0.6 is 0 Å². The first-order valence-electron chi connectivity index (χ1n) is 5.75. The van der Waals surface area contributed by atoms with Crippen LogP contribution in [-0.2, 0) is 0 Å². The maximum Gasteiger partial charge on any atom is 0.0585 e. The molecule has 4 nitrogen and oxygen atoms in total. The zero-order chi connectivity index (χ0) is 12.5. The van der Waals surface area contributed by atoms with E-state index in [4.69, 9.17) is 0 Å². The van der Waals surface area contributed by atoms with Gasteiger partial charge in [0.25, 0.3) is 0 Å². The molecule has 0 saturated carbocycles. The van der Waals surface area contributed by atoms with Crippen molar-refractivity contribution in [3.05, 3.63) is 60.2 Å². The van der Waals surface area contributed by atoms with Crippen molar-refractivity contribution in [2.45, 2.75) is 0 Å². The minimum absolute atomic E-state index is 0.672. The van der Waals surface area contributed by atoms with Gasteiger partial charge in [-0.1, -0.05) is 12.1 Å². The second-order valence-electron chi connectivity index (χ2n) is 3.64. The van der Waals surface area contributed by atoms with E-state index in [1.54, 1.807) is 24.8 Å². The SMILES string of the molecule is C(=N\CC/N=C/c1cccnc1)/c1cccnc1. The van der Waals surface area contributed by atoms with Crippen molar-refractivity contribution in [2.75, 3.05) is 13.1 Å². The van der Waals surface area contributed by atoms with Crippen molar-refractivity contribution < 1.29 is 0 Å². The molecule has 0 spiro atoms. The van der Waals surface area contributed by atoms with E-state index in [0.29, 0.717) is 13.1 Å². The molecular formula is C14H14N4. The number of aliphatic imine (C=N–C) groups is 2. The molecule has 0 N–H and O–H groups in total. The van der Waals surface area contributed by atoms with Crippen LogP contribution < -0.4 is 0 Å². The fourth-order valence-electron chi connectivity index (χ4n) is 1.36. The predicted molar refractivity (Wildman–Crippen MR) is 73.4 cm³/mol. The zero-order valence-corrected chi connectivity index (χ0v) is 9.98. The first-order chi connectivity index (χ1) is 8.95. The van der Waals surface area contributed by atoms with E-state index in [-0.39, 0.29) is 0 Å². The van der Waals surface area contributed by atoms with Gasteiger partial charge >= 0.3 is 0 Å². The third-order valence-electron chi connectivity index (χ3n) is 2.21. The molecule has 0 aliphatic heterocycles. The maximum absolute atomic E-state index is 4.28. The Morgan fingerprint density at radius 2 is 1.33 bits per heavy atom. The third kappa shape index (κ3) is 4.25. The summed E-state index contributed by atoms with van der Waals surface area (Å²) in [5.74, 6) is 0. The molecule has 2 rings (SSSR count). The van der Waals surface area contributed by atoms with Crippen LogP contribution in [0.3, 0.4) is 0 Å². The fourth-order valence-corrected chi connectivity index (χ4v) is 1.36. The number of rotatable bonds is 5. The molecule has 0 aromatic carbocycles. The average molecular weight is 238 g/mol. The van der Waals surface area contributed by atoms with E-state index in [2.05, 4.69) is 20.0 Å². The van der Waals surface area contributed by atoms with Gasteiger partial charge in [0, 0.05) is 48.3 Å². The highest BCUT2D eigenvalue weighted by molar-refractivity contribution is 5.79. The molecular weight excluding hydrogens is 224 g/mol. The molecule has 0 aliphatic rings. The maximum atomic E-state index is 4.28. The Labute approximate surface area is 106 Å². The summed E-state index contributed by atoms with van der Waals surface area (Å²) >= 11 is 0. The Bertz CT molecular complexity index is 456. The molecule has 2 aromatic heterocycles. The van der Waals surface area contributed by atoms with Crippen LogP contribution in [0, 0.1) is 0 Å². The molecule has 18 heavy (non-hydrogen) atoms. The van der Waals surface area contributed by atoms with E-state index >= 15 is 0 Å². The van der Waals surface area contributed by atoms with Crippen molar-refractivity contribution >= 4 is 12.4 Å². The smallest absolute Gasteiger partial charge is 0.0585 e. The van der Waals surface area contributed by atoms with Crippen LogP contribution in [-0.4, -0.2) is 35.5 Å². The molecule has 0 fully saturated rings. The highest BCUT2D eigenvalue weighted by atomic mass is 14.8. The molecule has 0 amide bonds. The zero-order valence-electron chi connectivity index (χ0n) is 9.98. The number of aromatic nitrogens is 2. The average Bonchev–Trinajstić information content (AvgIpc) is 2.45. The Kier molecular flexibility index (Phi) is 4.75. The van der Waals surface area contributed by atoms with E-state index in [1.807, 2.05) is 36.7 Å². The first-order valence-corrected chi connectivity index (χ1v) is 5.75. The van der Waals surface area contributed by atoms with Crippen LogP contribution in [0.25, 0.3) is 0 Å². The third-order valence-corrected chi connectivity index (χ3v) is 2.21. The molecule has 2 aromatic rings. The molecule has 0 bridgehead atoms. The van der Waals surface area contributed by atoms with E-state index in [1.165, 1.54) is 0 Å². The molecule has 4 heteroatoms. The van der Waals surface area contributed by atoms with Gasteiger partial charge in [-0.3, -0.25) is 20.0 Å². The van der Waals surface area contributed by atoms with Crippen molar-refractivity contribution in [1.29, 1.82) is 0 Å². The summed E-state index contributed by atoms with van der Waals surface area (Å²) in [5, 5.41) is 0. The fraction of sp³-hybridized carbons (Fsp3) is 0.143. The van der Waals surface area contributed by atoms with Gasteiger partial charge in [-0.15, -0.1) is 0 Å². The van der Waals surface area contributed by atoms with Crippen molar-refractivity contribution in [2.24, 2.45) is 9.98 Å². The van der Waals surface area contributed by atoms with E-state index in [9.17, 15) is 0 Å². The second-order valence-corrected chi connectivity index (χ2v) is 3.64. The summed E-state index contributed by atoms with van der Waals surface area (Å²) in [6.07, 6.45) is 10.7. The van der Waals surface area contributed by atoms with Crippen LogP contribution in [0.15, 0.2) is 59.0 Å². The van der Waals surface area contributed by atoms with Crippen molar-refractivity contribution in [1.82, 2.24) is 9.97 Å². The lowest BCUT2D eigenvalue weighted by molar-refractivity contribution is 0.984. The largest absolute Gasteiger partial charge is 0.291 e. The van der Waals surface area contributed by atoms with Crippen molar-refractivity contribution in [3.63, 3.8) is 0 Å². The van der Waals surface area contributed by atoms with Gasteiger partial charge in [0.15, 0.2) is 0 Å². The highest BCUT2D eigenvalue weighted by Gasteiger charge is 1.85. The lowest BCUT2D eigenvalue weighted by Crippen LogP contribution is -1.90. The monoisotopic (exact) mass is 238 g/mol. The molecule has 0 aliphatic carbocycles. The highest BCUT2D eigenvalue weighted by Crippen LogP contribution is 1.92. The van der Waals surface area contributed by atoms with Crippen LogP contribution in [0.5, 0.6) is 0 Å². The van der Waals surface area contributed by atoms with Gasteiger partial charge < -0.3 is 0 Å². The number of pyridine rings is 2. The Hall–Kier alpha value is -2.36. The summed E-state index contributed by atoms with van der Waals surface area (Å²) in [6, 6.07) is 7.72. The predicted octanol–water partition coefficient (Wildman–Crippen LogP) is 2.01. The molecule has 0 atom stereocenters. The molecule has 0 radical (unpaired) electrons. The summed E-state index contributed by atoms with van der Waals surface area (Å²) in [5.41, 5.74) is 2.02. The van der Waals surface area contributed by atoms with Crippen LogP contribution in [0.1, 0.15) is 11.1 Å². The standard InChI is InChI=1S/C14H14N4/c1-3-13(9-15-5-1)11-17-7-8-18-12-14-4-2-6-16-10-14/h1-6,9-12H,7-8H2/b17-11+,18-12+. The lowest BCUT2D eigenvalue weighted by atomic mass is 10.3. The Morgan fingerprint density at radius 3 is 1.72 bits per heavy atom. The van der Waals surface area contributed by atoms with E-state index in [0.717, 1.165) is 11.1 Å². The van der Waals surface area contributed by atoms with E-state index < -0.39 is 0 Å². The van der Waals surface area contributed by atoms with Gasteiger partial charge in [0.1, 0.15) is 0 Å². The summed E-state index contributed by atoms with van der Waals surface area (Å²) in [6.45, 7) is 1.34. The first kappa shape index (κ1) is 12.1. The minimum atomic E-state index is 0.672. The molecule has 90 valence electrons. The van der Waals surface area contributed by atoms with Gasteiger partial charge in [0.05, 0.1) is 13.1 Å². The van der Waals surface area contributed by atoms with Crippen LogP contribution in [0.4, 0.5) is 0 Å². The molecule has 2 heterocycles. The van der Waals surface area contributed by atoms with Gasteiger partial charge in [-0.25, -0.2) is 0 Å². The second kappa shape index (κ2) is 7.06. The summed E-state index contributed by atoms with van der Waals surface area (Å²) in [7, 11) is 0. The molecule has 0 saturated heterocycles. The lowest BCUT2D eigenvalue weighted by Gasteiger charge is -1.92. The number of hydrogen-bond donors (Lipinski definition) is 0. The quantitative estimate of drug-likeness (QED) is 0.591. The van der Waals surface area contributed by atoms with Gasteiger partial charge in [0.2, 0.25) is 0 Å². The van der Waals surface area contributed by atoms with Gasteiger partial charge in [-0.05, 0) is 12.1 Å². The van der Waals surface area contributed by atoms with Gasteiger partial charge in [-0.2, -0.15) is 0 Å². The van der Waals surface area contributed by atoms with Crippen molar-refractivity contribution in [3.8, 4) is 0 Å². The summed E-state index contributed by atoms with van der Waals surface area (Å²) in [4.78, 5) is 16.6. The van der Waals surface area contributed by atoms with Crippen LogP contribution in [0.2, 0.25) is 0 Å². The Balaban J connectivity index is 1.73. The normalized spacial score (nSPS) is 11.3. The topological polar surface area (TPSA) is 50.5 Å².